The van der Waals surface area contributed by atoms with Crippen molar-refractivity contribution >= 4 is 6.09 Å². The number of unbranched alkanes of at least 4 members (excludes halogenated alkanes) is 1. The van der Waals surface area contributed by atoms with Gasteiger partial charge in [0.25, 0.3) is 0 Å². The summed E-state index contributed by atoms with van der Waals surface area (Å²) in [6.07, 6.45) is 2.41. The molecule has 4 nitrogen and oxygen atoms in total. The van der Waals surface area contributed by atoms with E-state index in [4.69, 9.17) is 9.84 Å². The van der Waals surface area contributed by atoms with Crippen LogP contribution in [0.5, 0.6) is 0 Å². The van der Waals surface area contributed by atoms with E-state index in [0.29, 0.717) is 12.5 Å². The molecule has 0 spiro atoms. The van der Waals surface area contributed by atoms with Gasteiger partial charge in [-0.3, -0.25) is 0 Å². The van der Waals surface area contributed by atoms with E-state index >= 15 is 0 Å². The molecule has 1 amide bonds. The van der Waals surface area contributed by atoms with Gasteiger partial charge in [0.1, 0.15) is 0 Å². The molecule has 0 aliphatic rings. The molecule has 0 saturated heterocycles. The number of hydrogen-bond acceptors (Lipinski definition) is 3. The summed E-state index contributed by atoms with van der Waals surface area (Å²) >= 11 is 0. The topological polar surface area (TPSA) is 58.6 Å². The number of aliphatic hydroxyl groups excluding tert-OH is 1. The maximum absolute atomic E-state index is 11.2. The number of alkyl carbamates (subject to hydrolysis) is 1. The van der Waals surface area contributed by atoms with E-state index < -0.39 is 6.09 Å². The maximum atomic E-state index is 11.2. The molecule has 0 aromatic carbocycles. The lowest BCUT2D eigenvalue weighted by Gasteiger charge is -2.16. The first-order valence-corrected chi connectivity index (χ1v) is 5.64. The van der Waals surface area contributed by atoms with Crippen molar-refractivity contribution in [2.75, 3.05) is 13.2 Å². The molecule has 0 rings (SSSR count). The number of rotatable bonds is 7. The van der Waals surface area contributed by atoms with Crippen molar-refractivity contribution in [2.45, 2.75) is 46.1 Å². The molecule has 1 unspecified atom stereocenters. The largest absolute Gasteiger partial charge is 0.449 e. The minimum Gasteiger partial charge on any atom is -0.449 e. The lowest BCUT2D eigenvalue weighted by Crippen LogP contribution is -2.38. The SMILES string of the molecule is CCCCC(CO)NC(=O)OCC(C)C. The van der Waals surface area contributed by atoms with E-state index in [1.165, 1.54) is 0 Å². The van der Waals surface area contributed by atoms with Crippen LogP contribution in [0, 0.1) is 5.92 Å². The smallest absolute Gasteiger partial charge is 0.407 e. The highest BCUT2D eigenvalue weighted by atomic mass is 16.5. The zero-order valence-corrected chi connectivity index (χ0v) is 9.95. The molecule has 0 aromatic heterocycles. The van der Waals surface area contributed by atoms with Gasteiger partial charge in [0.2, 0.25) is 0 Å². The molecule has 0 aliphatic carbocycles. The molecule has 90 valence electrons. The lowest BCUT2D eigenvalue weighted by molar-refractivity contribution is 0.122. The molecule has 0 aliphatic heterocycles. The molecule has 0 bridgehead atoms. The van der Waals surface area contributed by atoms with Crippen LogP contribution in [0.3, 0.4) is 0 Å². The summed E-state index contributed by atoms with van der Waals surface area (Å²) in [5.74, 6) is 0.332. The first-order chi connectivity index (χ1) is 7.10. The van der Waals surface area contributed by atoms with E-state index in [2.05, 4.69) is 12.2 Å². The van der Waals surface area contributed by atoms with Crippen LogP contribution in [0.2, 0.25) is 0 Å². The highest BCUT2D eigenvalue weighted by molar-refractivity contribution is 5.67. The molecule has 0 radical (unpaired) electrons. The Balaban J connectivity index is 3.70. The normalized spacial score (nSPS) is 12.6. The van der Waals surface area contributed by atoms with Gasteiger partial charge in [-0.05, 0) is 12.3 Å². The number of carbonyl (C=O) groups is 1. The van der Waals surface area contributed by atoms with Gasteiger partial charge in [-0.1, -0.05) is 33.6 Å². The van der Waals surface area contributed by atoms with Crippen LogP contribution in [0.25, 0.3) is 0 Å². The molecular formula is C11H23NO3. The van der Waals surface area contributed by atoms with Crippen LogP contribution in [-0.2, 0) is 4.74 Å². The second-order valence-electron chi connectivity index (χ2n) is 4.16. The average molecular weight is 217 g/mol. The minimum absolute atomic E-state index is 0.0310. The Hall–Kier alpha value is -0.770. The van der Waals surface area contributed by atoms with Crippen molar-refractivity contribution in [3.63, 3.8) is 0 Å². The van der Waals surface area contributed by atoms with Gasteiger partial charge in [0.15, 0.2) is 0 Å². The summed E-state index contributed by atoms with van der Waals surface area (Å²) in [7, 11) is 0. The van der Waals surface area contributed by atoms with E-state index in [-0.39, 0.29) is 12.6 Å². The highest BCUT2D eigenvalue weighted by Gasteiger charge is 2.11. The highest BCUT2D eigenvalue weighted by Crippen LogP contribution is 2.00. The predicted molar refractivity (Wildman–Crippen MR) is 59.7 cm³/mol. The van der Waals surface area contributed by atoms with Crippen molar-refractivity contribution < 1.29 is 14.6 Å². The third kappa shape index (κ3) is 8.24. The van der Waals surface area contributed by atoms with Crippen LogP contribution in [0.15, 0.2) is 0 Å². The number of amides is 1. The Labute approximate surface area is 92.0 Å². The fourth-order valence-corrected chi connectivity index (χ4v) is 1.11. The summed E-state index contributed by atoms with van der Waals surface area (Å²) in [5.41, 5.74) is 0. The number of carbonyl (C=O) groups excluding carboxylic acids is 1. The second-order valence-corrected chi connectivity index (χ2v) is 4.16. The summed E-state index contributed by atoms with van der Waals surface area (Å²) in [6.45, 7) is 6.42. The first kappa shape index (κ1) is 14.2. The number of ether oxygens (including phenoxy) is 1. The van der Waals surface area contributed by atoms with E-state index in [1.807, 2.05) is 13.8 Å². The van der Waals surface area contributed by atoms with Crippen molar-refractivity contribution in [2.24, 2.45) is 5.92 Å². The number of hydrogen-bond donors (Lipinski definition) is 2. The third-order valence-corrected chi connectivity index (χ3v) is 2.00. The molecule has 15 heavy (non-hydrogen) atoms. The Morgan fingerprint density at radius 1 is 1.47 bits per heavy atom. The van der Waals surface area contributed by atoms with Crippen LogP contribution >= 0.6 is 0 Å². The van der Waals surface area contributed by atoms with Crippen molar-refractivity contribution in [3.05, 3.63) is 0 Å². The summed E-state index contributed by atoms with van der Waals surface area (Å²) < 4.78 is 4.95. The molecule has 0 aromatic rings. The van der Waals surface area contributed by atoms with Crippen LogP contribution in [0.4, 0.5) is 4.79 Å². The summed E-state index contributed by atoms with van der Waals surface area (Å²) in [4.78, 5) is 11.2. The van der Waals surface area contributed by atoms with Gasteiger partial charge in [-0.2, -0.15) is 0 Å². The minimum atomic E-state index is -0.432. The van der Waals surface area contributed by atoms with Crippen LogP contribution < -0.4 is 5.32 Å². The number of aliphatic hydroxyl groups is 1. The Morgan fingerprint density at radius 3 is 2.60 bits per heavy atom. The zero-order valence-electron chi connectivity index (χ0n) is 9.95. The van der Waals surface area contributed by atoms with Gasteiger partial charge in [-0.15, -0.1) is 0 Å². The van der Waals surface area contributed by atoms with Crippen molar-refractivity contribution in [3.8, 4) is 0 Å². The molecule has 2 N–H and O–H groups in total. The lowest BCUT2D eigenvalue weighted by atomic mass is 10.1. The first-order valence-electron chi connectivity index (χ1n) is 5.64. The van der Waals surface area contributed by atoms with Gasteiger partial charge in [0.05, 0.1) is 19.3 Å². The fraction of sp³-hybridized carbons (Fsp3) is 0.909. The monoisotopic (exact) mass is 217 g/mol. The molecule has 0 heterocycles. The molecule has 0 saturated carbocycles. The van der Waals surface area contributed by atoms with Crippen LogP contribution in [0.1, 0.15) is 40.0 Å². The third-order valence-electron chi connectivity index (χ3n) is 2.00. The van der Waals surface area contributed by atoms with Gasteiger partial charge < -0.3 is 15.2 Å². The van der Waals surface area contributed by atoms with E-state index in [1.54, 1.807) is 0 Å². The molecular weight excluding hydrogens is 194 g/mol. The molecule has 0 fully saturated rings. The van der Waals surface area contributed by atoms with Crippen molar-refractivity contribution in [1.82, 2.24) is 5.32 Å². The summed E-state index contributed by atoms with van der Waals surface area (Å²) in [5, 5.41) is 11.7. The van der Waals surface area contributed by atoms with Crippen LogP contribution in [-0.4, -0.2) is 30.5 Å². The summed E-state index contributed by atoms with van der Waals surface area (Å²) in [6, 6.07) is -0.176. The second kappa shape index (κ2) is 8.53. The Kier molecular flexibility index (Phi) is 8.09. The number of nitrogens with one attached hydrogen (secondary N) is 1. The quantitative estimate of drug-likeness (QED) is 0.685. The standard InChI is InChI=1S/C11H23NO3/c1-4-5-6-10(7-13)12-11(14)15-8-9(2)3/h9-10,13H,4-8H2,1-3H3,(H,12,14). The van der Waals surface area contributed by atoms with Gasteiger partial charge in [-0.25, -0.2) is 4.79 Å². The Bertz CT molecular complexity index is 171. The van der Waals surface area contributed by atoms with E-state index in [0.717, 1.165) is 19.3 Å². The maximum Gasteiger partial charge on any atom is 0.407 e. The van der Waals surface area contributed by atoms with Gasteiger partial charge >= 0.3 is 6.09 Å². The predicted octanol–water partition coefficient (Wildman–Crippen LogP) is 1.92. The van der Waals surface area contributed by atoms with Crippen molar-refractivity contribution in [1.29, 1.82) is 0 Å². The average Bonchev–Trinajstić information content (AvgIpc) is 2.21. The molecule has 4 heteroatoms. The Morgan fingerprint density at radius 2 is 2.13 bits per heavy atom. The molecule has 1 atom stereocenters. The zero-order chi connectivity index (χ0) is 11.7. The van der Waals surface area contributed by atoms with Gasteiger partial charge in [0, 0.05) is 0 Å². The fourth-order valence-electron chi connectivity index (χ4n) is 1.11. The van der Waals surface area contributed by atoms with E-state index in [9.17, 15) is 4.79 Å².